The van der Waals surface area contributed by atoms with Gasteiger partial charge in [0.25, 0.3) is 0 Å². The van der Waals surface area contributed by atoms with Gasteiger partial charge in [0.1, 0.15) is 5.82 Å². The highest BCUT2D eigenvalue weighted by atomic mass is 15.1. The van der Waals surface area contributed by atoms with Crippen LogP contribution in [0.5, 0.6) is 0 Å². The smallest absolute Gasteiger partial charge is 0.126 e. The summed E-state index contributed by atoms with van der Waals surface area (Å²) in [7, 11) is 0. The molecule has 0 aliphatic heterocycles. The van der Waals surface area contributed by atoms with Crippen LogP contribution in [0.3, 0.4) is 0 Å². The van der Waals surface area contributed by atoms with Crippen molar-refractivity contribution in [2.45, 2.75) is 31.7 Å². The maximum atomic E-state index is 6.00. The van der Waals surface area contributed by atoms with E-state index in [2.05, 4.69) is 38.7 Å². The molecular weight excluding hydrogens is 274 g/mol. The Balaban J connectivity index is 1.77. The summed E-state index contributed by atoms with van der Waals surface area (Å²) in [5, 5.41) is 11.7. The number of benzene rings is 1. The van der Waals surface area contributed by atoms with E-state index in [1.54, 1.807) is 6.20 Å². The van der Waals surface area contributed by atoms with Crippen LogP contribution in [0.15, 0.2) is 36.5 Å². The second-order valence-corrected chi connectivity index (χ2v) is 5.92. The zero-order chi connectivity index (χ0) is 14.9. The second-order valence-electron chi connectivity index (χ2n) is 5.92. The number of nitrogens with zero attached hydrogens (tertiary/aromatic N) is 2. The number of rotatable bonds is 3. The van der Waals surface area contributed by atoms with E-state index in [0.717, 1.165) is 27.8 Å². The third-order valence-corrected chi connectivity index (χ3v) is 4.36. The fraction of sp³-hybridized carbons (Fsp3) is 0.294. The number of H-pyrrole nitrogens is 1. The average molecular weight is 293 g/mol. The predicted molar refractivity (Wildman–Crippen MR) is 89.6 cm³/mol. The first-order valence-corrected chi connectivity index (χ1v) is 7.76. The summed E-state index contributed by atoms with van der Waals surface area (Å²) < 4.78 is 0. The summed E-state index contributed by atoms with van der Waals surface area (Å²) in [5.41, 5.74) is 10.0. The van der Waals surface area contributed by atoms with Gasteiger partial charge in [-0.3, -0.25) is 5.10 Å². The van der Waals surface area contributed by atoms with E-state index < -0.39 is 0 Å². The Kier molecular flexibility index (Phi) is 3.18. The molecule has 1 aromatic carbocycles. The van der Waals surface area contributed by atoms with Crippen molar-refractivity contribution in [3.05, 3.63) is 36.5 Å². The van der Waals surface area contributed by atoms with Crippen LogP contribution in [-0.4, -0.2) is 21.2 Å². The lowest BCUT2D eigenvalue weighted by Crippen LogP contribution is -2.15. The minimum atomic E-state index is 0.551. The molecule has 0 amide bonds. The Morgan fingerprint density at radius 2 is 2.00 bits per heavy atom. The summed E-state index contributed by atoms with van der Waals surface area (Å²) in [6.45, 7) is 0. The molecule has 1 aliphatic rings. The zero-order valence-corrected chi connectivity index (χ0v) is 12.3. The van der Waals surface area contributed by atoms with Crippen LogP contribution in [0.2, 0.25) is 0 Å². The molecule has 0 bridgehead atoms. The van der Waals surface area contributed by atoms with Crippen molar-refractivity contribution in [3.8, 4) is 11.3 Å². The molecule has 1 aliphatic carbocycles. The number of nitrogen functional groups attached to an aromatic ring is 1. The Labute approximate surface area is 128 Å². The van der Waals surface area contributed by atoms with Gasteiger partial charge >= 0.3 is 0 Å². The van der Waals surface area contributed by atoms with Gasteiger partial charge in [-0.1, -0.05) is 25.0 Å². The summed E-state index contributed by atoms with van der Waals surface area (Å²) in [6.07, 6.45) is 6.82. The van der Waals surface area contributed by atoms with E-state index in [9.17, 15) is 0 Å². The molecule has 2 aromatic heterocycles. The molecule has 2 heterocycles. The van der Waals surface area contributed by atoms with E-state index in [0.29, 0.717) is 11.9 Å². The van der Waals surface area contributed by atoms with Crippen molar-refractivity contribution in [1.29, 1.82) is 0 Å². The fourth-order valence-corrected chi connectivity index (χ4v) is 3.24. The van der Waals surface area contributed by atoms with Crippen LogP contribution in [0.25, 0.3) is 22.2 Å². The van der Waals surface area contributed by atoms with E-state index in [-0.39, 0.29) is 0 Å². The van der Waals surface area contributed by atoms with Gasteiger partial charge in [0.2, 0.25) is 0 Å². The first-order chi connectivity index (χ1) is 10.8. The van der Waals surface area contributed by atoms with Gasteiger partial charge < -0.3 is 11.1 Å². The molecular formula is C17H19N5. The number of nitrogens with two attached hydrogens (primary N) is 1. The van der Waals surface area contributed by atoms with Gasteiger partial charge in [0, 0.05) is 34.9 Å². The van der Waals surface area contributed by atoms with E-state index in [4.69, 9.17) is 5.73 Å². The maximum absolute atomic E-state index is 6.00. The van der Waals surface area contributed by atoms with Crippen molar-refractivity contribution < 1.29 is 0 Å². The fourth-order valence-electron chi connectivity index (χ4n) is 3.24. The molecule has 0 radical (unpaired) electrons. The monoisotopic (exact) mass is 293 g/mol. The molecule has 4 rings (SSSR count). The van der Waals surface area contributed by atoms with Gasteiger partial charge in [-0.2, -0.15) is 5.10 Å². The lowest BCUT2D eigenvalue weighted by molar-refractivity contribution is 0.756. The number of hydrogen-bond donors (Lipinski definition) is 3. The Morgan fingerprint density at radius 3 is 2.77 bits per heavy atom. The summed E-state index contributed by atoms with van der Waals surface area (Å²) in [6, 6.07) is 10.7. The van der Waals surface area contributed by atoms with Gasteiger partial charge in [0.15, 0.2) is 0 Å². The van der Waals surface area contributed by atoms with Gasteiger partial charge in [-0.05, 0) is 25.0 Å². The van der Waals surface area contributed by atoms with Crippen LogP contribution < -0.4 is 11.1 Å². The molecule has 112 valence electrons. The molecule has 1 saturated carbocycles. The number of aromatic amines is 1. The summed E-state index contributed by atoms with van der Waals surface area (Å²) in [4.78, 5) is 4.48. The highest BCUT2D eigenvalue weighted by Gasteiger charge is 2.16. The van der Waals surface area contributed by atoms with E-state index in [1.165, 1.54) is 25.7 Å². The molecule has 1 fully saturated rings. The van der Waals surface area contributed by atoms with Crippen molar-refractivity contribution >= 4 is 22.4 Å². The largest absolute Gasteiger partial charge is 0.384 e. The number of hydrogen-bond acceptors (Lipinski definition) is 4. The number of aromatic nitrogens is 3. The first-order valence-electron chi connectivity index (χ1n) is 7.76. The zero-order valence-electron chi connectivity index (χ0n) is 12.3. The Bertz CT molecular complexity index is 788. The van der Waals surface area contributed by atoms with Crippen molar-refractivity contribution in [1.82, 2.24) is 15.2 Å². The van der Waals surface area contributed by atoms with Crippen molar-refractivity contribution in [2.24, 2.45) is 0 Å². The SMILES string of the molecule is Nc1cc(NC2CCCC2)c2ccc(-c3ccn[nH]3)cc2n1. The Hall–Kier alpha value is -2.56. The molecule has 4 N–H and O–H groups in total. The van der Waals surface area contributed by atoms with Crippen LogP contribution in [0.1, 0.15) is 25.7 Å². The predicted octanol–water partition coefficient (Wildman–Crippen LogP) is 3.56. The topological polar surface area (TPSA) is 79.6 Å². The molecule has 0 atom stereocenters. The summed E-state index contributed by atoms with van der Waals surface area (Å²) in [5.74, 6) is 0.551. The molecule has 3 aromatic rings. The van der Waals surface area contributed by atoms with Gasteiger partial charge in [-0.25, -0.2) is 4.98 Å². The molecule has 0 saturated heterocycles. The molecule has 5 nitrogen and oxygen atoms in total. The normalized spacial score (nSPS) is 15.5. The second kappa shape index (κ2) is 5.33. The molecule has 5 heteroatoms. The van der Waals surface area contributed by atoms with E-state index >= 15 is 0 Å². The minimum Gasteiger partial charge on any atom is -0.384 e. The first kappa shape index (κ1) is 13.1. The lowest BCUT2D eigenvalue weighted by Gasteiger charge is -2.16. The number of fused-ring (bicyclic) bond motifs is 1. The molecule has 0 unspecified atom stereocenters. The maximum Gasteiger partial charge on any atom is 0.126 e. The number of nitrogens with one attached hydrogen (secondary N) is 2. The quantitative estimate of drug-likeness (QED) is 0.690. The molecule has 22 heavy (non-hydrogen) atoms. The van der Waals surface area contributed by atoms with E-state index in [1.807, 2.05) is 12.1 Å². The average Bonchev–Trinajstić information content (AvgIpc) is 3.20. The number of anilines is 2. The highest BCUT2D eigenvalue weighted by Crippen LogP contribution is 2.31. The van der Waals surface area contributed by atoms with Gasteiger partial charge in [0.05, 0.1) is 11.2 Å². The summed E-state index contributed by atoms with van der Waals surface area (Å²) >= 11 is 0. The number of pyridine rings is 1. The van der Waals surface area contributed by atoms with Crippen molar-refractivity contribution in [2.75, 3.05) is 11.1 Å². The van der Waals surface area contributed by atoms with Gasteiger partial charge in [-0.15, -0.1) is 0 Å². The lowest BCUT2D eigenvalue weighted by atomic mass is 10.1. The third kappa shape index (κ3) is 2.39. The third-order valence-electron chi connectivity index (χ3n) is 4.36. The standard InChI is InChI=1S/C17H19N5/c18-17-10-16(20-12-3-1-2-4-12)13-6-5-11(9-15(13)21-17)14-7-8-19-22-14/h5-10,12H,1-4H2,(H,19,22)(H3,18,20,21). The minimum absolute atomic E-state index is 0.551. The van der Waals surface area contributed by atoms with Crippen LogP contribution in [0.4, 0.5) is 11.5 Å². The van der Waals surface area contributed by atoms with Crippen molar-refractivity contribution in [3.63, 3.8) is 0 Å². The van der Waals surface area contributed by atoms with Crippen LogP contribution in [0, 0.1) is 0 Å². The molecule has 0 spiro atoms. The van der Waals surface area contributed by atoms with Crippen LogP contribution >= 0.6 is 0 Å². The highest BCUT2D eigenvalue weighted by molar-refractivity contribution is 5.95. The van der Waals surface area contributed by atoms with Crippen LogP contribution in [-0.2, 0) is 0 Å². The Morgan fingerprint density at radius 1 is 1.14 bits per heavy atom.